The van der Waals surface area contributed by atoms with Crippen LogP contribution in [0.5, 0.6) is 5.75 Å². The Hall–Kier alpha value is -3.58. The molecule has 0 radical (unpaired) electrons. The third-order valence-corrected chi connectivity index (χ3v) is 7.19. The van der Waals surface area contributed by atoms with Gasteiger partial charge in [0.05, 0.1) is 22.3 Å². The van der Waals surface area contributed by atoms with Crippen LogP contribution in [0.2, 0.25) is 0 Å². The maximum atomic E-state index is 14.3. The second-order valence-corrected chi connectivity index (χ2v) is 9.75. The van der Waals surface area contributed by atoms with Gasteiger partial charge in [-0.25, -0.2) is 9.18 Å². The summed E-state index contributed by atoms with van der Waals surface area (Å²) in [7, 11) is 0. The van der Waals surface area contributed by atoms with Gasteiger partial charge in [-0.3, -0.25) is 14.3 Å². The van der Waals surface area contributed by atoms with E-state index in [0.29, 0.717) is 31.4 Å². The molecule has 2 atom stereocenters. The van der Waals surface area contributed by atoms with E-state index in [1.165, 1.54) is 19.2 Å². The van der Waals surface area contributed by atoms with Crippen molar-refractivity contribution < 1.29 is 26.7 Å². The molecule has 5 rings (SSSR count). The number of ether oxygens (including phenoxy) is 1. The molecule has 194 valence electrons. The van der Waals surface area contributed by atoms with E-state index >= 15 is 0 Å². The van der Waals surface area contributed by atoms with Gasteiger partial charge < -0.3 is 15.0 Å². The molecule has 4 heterocycles. The quantitative estimate of drug-likeness (QED) is 0.375. The van der Waals surface area contributed by atoms with Crippen molar-refractivity contribution in [2.45, 2.75) is 31.9 Å². The molecule has 1 aromatic carbocycles. The number of fused-ring (bicyclic) bond motifs is 1. The minimum Gasteiger partial charge on any atom is -0.485 e. The number of aromatic nitrogens is 3. The van der Waals surface area contributed by atoms with Gasteiger partial charge in [0.2, 0.25) is 5.82 Å². The summed E-state index contributed by atoms with van der Waals surface area (Å²) in [6, 6.07) is 4.99. The van der Waals surface area contributed by atoms with Gasteiger partial charge in [-0.2, -0.15) is 17.6 Å². The molecule has 3 aromatic heterocycles. The van der Waals surface area contributed by atoms with Crippen LogP contribution < -0.4 is 21.3 Å². The Bertz CT molecular complexity index is 1610. The summed E-state index contributed by atoms with van der Waals surface area (Å²) in [5.41, 5.74) is -1.78. The fraction of sp³-hybridized carbons (Fsp3) is 0.292. The Morgan fingerprint density at radius 2 is 1.97 bits per heavy atom. The van der Waals surface area contributed by atoms with Crippen LogP contribution in [-0.2, 0) is 12.7 Å². The predicted octanol–water partition coefficient (Wildman–Crippen LogP) is 4.02. The van der Waals surface area contributed by atoms with Crippen LogP contribution >= 0.6 is 11.3 Å². The lowest BCUT2D eigenvalue weighted by atomic mass is 9.98. The number of pyridine rings is 1. The van der Waals surface area contributed by atoms with E-state index in [-0.39, 0.29) is 36.5 Å². The molecule has 2 N–H and O–H groups in total. The molecule has 0 spiro atoms. The van der Waals surface area contributed by atoms with Crippen LogP contribution in [0.1, 0.15) is 16.0 Å². The predicted molar refractivity (Wildman–Crippen MR) is 127 cm³/mol. The van der Waals surface area contributed by atoms with Crippen molar-refractivity contribution >= 4 is 21.6 Å². The van der Waals surface area contributed by atoms with Gasteiger partial charge in [-0.15, -0.1) is 11.3 Å². The number of thiophene rings is 1. The molecule has 13 heteroatoms. The summed E-state index contributed by atoms with van der Waals surface area (Å²) in [5, 5.41) is 2.86. The lowest BCUT2D eigenvalue weighted by Gasteiger charge is -2.22. The minimum atomic E-state index is -4.64. The van der Waals surface area contributed by atoms with Crippen molar-refractivity contribution in [2.24, 2.45) is 0 Å². The number of rotatable bonds is 5. The Kier molecular flexibility index (Phi) is 6.36. The van der Waals surface area contributed by atoms with Crippen LogP contribution in [0.15, 0.2) is 46.2 Å². The Morgan fingerprint density at radius 3 is 2.68 bits per heavy atom. The molecule has 1 aliphatic rings. The number of aryl methyl sites for hydroxylation is 1. The molecule has 4 aromatic rings. The number of aromatic amines is 1. The number of H-pyrrole nitrogens is 1. The third-order valence-electron chi connectivity index (χ3n) is 6.04. The number of halogens is 5. The second-order valence-electron chi connectivity index (χ2n) is 8.62. The Labute approximate surface area is 209 Å². The average molecular weight is 538 g/mol. The van der Waals surface area contributed by atoms with E-state index in [0.717, 1.165) is 23.5 Å². The highest BCUT2D eigenvalue weighted by atomic mass is 32.1. The number of hydrogen-bond acceptors (Lipinski definition) is 6. The molecule has 0 bridgehead atoms. The molecule has 1 saturated heterocycles. The van der Waals surface area contributed by atoms with Crippen LogP contribution in [0, 0.1) is 12.7 Å². The van der Waals surface area contributed by atoms with Crippen molar-refractivity contribution in [3.05, 3.63) is 79.3 Å². The normalized spacial score (nSPS) is 18.0. The zero-order valence-electron chi connectivity index (χ0n) is 19.2. The summed E-state index contributed by atoms with van der Waals surface area (Å²) >= 11 is 1.09. The van der Waals surface area contributed by atoms with Gasteiger partial charge in [0.1, 0.15) is 11.9 Å². The van der Waals surface area contributed by atoms with Crippen LogP contribution in [0.4, 0.5) is 22.0 Å². The highest BCUT2D eigenvalue weighted by Gasteiger charge is 2.34. The largest absolute Gasteiger partial charge is 0.485 e. The number of nitrogens with one attached hydrogen (secondary N) is 2. The van der Waals surface area contributed by atoms with E-state index in [1.807, 2.05) is 0 Å². The van der Waals surface area contributed by atoms with E-state index in [4.69, 9.17) is 4.74 Å². The fourth-order valence-electron chi connectivity index (χ4n) is 4.25. The first kappa shape index (κ1) is 25.1. The topological polar surface area (TPSA) is 89.0 Å². The zero-order valence-corrected chi connectivity index (χ0v) is 20.0. The molecular formula is C24H19F5N4O3S. The highest BCUT2D eigenvalue weighted by molar-refractivity contribution is 7.19. The van der Waals surface area contributed by atoms with Gasteiger partial charge in [0, 0.05) is 41.5 Å². The molecule has 0 amide bonds. The summed E-state index contributed by atoms with van der Waals surface area (Å²) in [6.45, 7) is 1.47. The van der Waals surface area contributed by atoms with Crippen LogP contribution in [-0.4, -0.2) is 39.9 Å². The number of benzene rings is 1. The first-order chi connectivity index (χ1) is 17.5. The minimum absolute atomic E-state index is 0.0754. The van der Waals surface area contributed by atoms with E-state index in [1.54, 1.807) is 6.07 Å². The molecule has 1 aliphatic heterocycles. The van der Waals surface area contributed by atoms with E-state index < -0.39 is 41.1 Å². The Balaban J connectivity index is 1.65. The fourth-order valence-corrected chi connectivity index (χ4v) is 5.38. The van der Waals surface area contributed by atoms with Crippen molar-refractivity contribution in [3.63, 3.8) is 0 Å². The SMILES string of the molecule is Cc1cc(C(F)(F)F)cc(-c2ccnc3cc(Cn4c(=O)[nH]cc(F)c4=O)sc23)c1O[C@@H]1CNC[C@@H]1F. The highest BCUT2D eigenvalue weighted by Crippen LogP contribution is 2.44. The lowest BCUT2D eigenvalue weighted by Crippen LogP contribution is -2.36. The molecule has 1 fully saturated rings. The maximum absolute atomic E-state index is 14.3. The molecule has 7 nitrogen and oxygen atoms in total. The molecule has 0 unspecified atom stereocenters. The molecule has 37 heavy (non-hydrogen) atoms. The Morgan fingerprint density at radius 1 is 1.19 bits per heavy atom. The number of alkyl halides is 4. The first-order valence-corrected chi connectivity index (χ1v) is 11.9. The van der Waals surface area contributed by atoms with Gasteiger partial charge >= 0.3 is 11.9 Å². The van der Waals surface area contributed by atoms with Gasteiger partial charge in [0.25, 0.3) is 5.56 Å². The average Bonchev–Trinajstić information content (AvgIpc) is 3.45. The molecular weight excluding hydrogens is 519 g/mol. The van der Waals surface area contributed by atoms with Crippen molar-refractivity contribution in [3.8, 4) is 16.9 Å². The summed E-state index contributed by atoms with van der Waals surface area (Å²) < 4.78 is 76.2. The van der Waals surface area contributed by atoms with Gasteiger partial charge in [-0.1, -0.05) is 0 Å². The maximum Gasteiger partial charge on any atom is 0.416 e. The lowest BCUT2D eigenvalue weighted by molar-refractivity contribution is -0.137. The number of hydrogen-bond donors (Lipinski definition) is 2. The summed E-state index contributed by atoms with van der Waals surface area (Å²) in [5.74, 6) is -1.02. The molecule has 0 saturated carbocycles. The van der Waals surface area contributed by atoms with Gasteiger partial charge in [-0.05, 0) is 36.8 Å². The van der Waals surface area contributed by atoms with Crippen molar-refractivity contribution in [1.29, 1.82) is 0 Å². The van der Waals surface area contributed by atoms with E-state index in [9.17, 15) is 31.5 Å². The zero-order chi connectivity index (χ0) is 26.5. The first-order valence-electron chi connectivity index (χ1n) is 11.1. The summed E-state index contributed by atoms with van der Waals surface area (Å²) in [6.07, 6.45) is -4.77. The number of nitrogens with zero attached hydrogens (tertiary/aromatic N) is 2. The van der Waals surface area contributed by atoms with Crippen LogP contribution in [0.3, 0.4) is 0 Å². The molecule has 0 aliphatic carbocycles. The second kappa shape index (κ2) is 9.38. The van der Waals surface area contributed by atoms with E-state index in [2.05, 4.69) is 15.3 Å². The van der Waals surface area contributed by atoms with Crippen molar-refractivity contribution in [1.82, 2.24) is 19.9 Å². The van der Waals surface area contributed by atoms with Gasteiger partial charge in [0.15, 0.2) is 6.17 Å². The monoisotopic (exact) mass is 538 g/mol. The van der Waals surface area contributed by atoms with Crippen molar-refractivity contribution in [2.75, 3.05) is 13.1 Å². The standard InChI is InChI=1S/C24H19F5N4O3S/c1-11-4-12(24(27,28)29)5-15(20(11)36-19-9-30-7-16(19)25)14-2-3-31-18-6-13(37-21(14)18)10-33-22(34)17(26)8-32-23(33)35/h2-6,8,16,19,30H,7,9-10H2,1H3,(H,32,35)/t16-,19+/m0/s1. The third kappa shape index (κ3) is 4.76. The smallest absolute Gasteiger partial charge is 0.416 e. The van der Waals surface area contributed by atoms with Crippen LogP contribution in [0.25, 0.3) is 21.3 Å². The summed E-state index contributed by atoms with van der Waals surface area (Å²) in [4.78, 5) is 31.0.